The number of carbonyl (C=O) groups excluding carboxylic acids is 1. The molecule has 24 heavy (non-hydrogen) atoms. The second-order valence-corrected chi connectivity index (χ2v) is 6.55. The second-order valence-electron chi connectivity index (χ2n) is 5.54. The van der Waals surface area contributed by atoms with Gasteiger partial charge in [0.1, 0.15) is 17.2 Å². The number of aromatic nitrogens is 2. The summed E-state index contributed by atoms with van der Waals surface area (Å²) in [5, 5.41) is 33.0. The minimum absolute atomic E-state index is 0.250. The van der Waals surface area contributed by atoms with Crippen LogP contribution in [-0.2, 0) is 4.74 Å². The Balaban J connectivity index is 1.59. The van der Waals surface area contributed by atoms with E-state index in [0.717, 1.165) is 5.56 Å². The number of amides is 2. The Hall–Kier alpha value is -2.07. The lowest BCUT2D eigenvalue weighted by Crippen LogP contribution is -2.24. The standard InChI is InChI=1S/C15H18N4O4S/c1-8-3-2-4-9(5-8)16-14(22)17-15-19-18-13(24-15)11-6-10(21)12(7-20)23-11/h2-5,10-12,20-21H,6-7H2,1H3,(H2,16,17,19,22)/t10-,11-,12+/m0/s1. The molecule has 2 aromatic rings. The number of rotatable bonds is 4. The zero-order valence-electron chi connectivity index (χ0n) is 13.0. The first-order valence-corrected chi connectivity index (χ1v) is 8.29. The third-order valence-corrected chi connectivity index (χ3v) is 4.55. The summed E-state index contributed by atoms with van der Waals surface area (Å²) in [5.41, 5.74) is 1.73. The van der Waals surface area contributed by atoms with Gasteiger partial charge in [0.15, 0.2) is 0 Å². The summed E-state index contributed by atoms with van der Waals surface area (Å²) in [4.78, 5) is 12.0. The molecule has 8 nitrogen and oxygen atoms in total. The highest BCUT2D eigenvalue weighted by molar-refractivity contribution is 7.15. The Kier molecular flexibility index (Phi) is 5.05. The van der Waals surface area contributed by atoms with Crippen LogP contribution >= 0.6 is 11.3 Å². The molecule has 0 bridgehead atoms. The number of aryl methyl sites for hydroxylation is 1. The average Bonchev–Trinajstić information content (AvgIpc) is 3.13. The van der Waals surface area contributed by atoms with Gasteiger partial charge in [-0.3, -0.25) is 5.32 Å². The van der Waals surface area contributed by atoms with Crippen LogP contribution < -0.4 is 10.6 Å². The number of hydrogen-bond acceptors (Lipinski definition) is 7. The lowest BCUT2D eigenvalue weighted by molar-refractivity contribution is -0.0227. The predicted octanol–water partition coefficient (Wildman–Crippen LogP) is 1.67. The molecule has 3 atom stereocenters. The Bertz CT molecular complexity index is 723. The van der Waals surface area contributed by atoms with E-state index in [0.29, 0.717) is 22.2 Å². The van der Waals surface area contributed by atoms with Crippen molar-refractivity contribution in [2.24, 2.45) is 0 Å². The fourth-order valence-corrected chi connectivity index (χ4v) is 3.24. The maximum Gasteiger partial charge on any atom is 0.325 e. The molecule has 0 radical (unpaired) electrons. The highest BCUT2D eigenvalue weighted by Crippen LogP contribution is 2.35. The van der Waals surface area contributed by atoms with Crippen LogP contribution in [0.1, 0.15) is 23.1 Å². The van der Waals surface area contributed by atoms with E-state index >= 15 is 0 Å². The van der Waals surface area contributed by atoms with E-state index < -0.39 is 24.3 Å². The topological polar surface area (TPSA) is 117 Å². The number of benzene rings is 1. The number of nitrogens with one attached hydrogen (secondary N) is 2. The van der Waals surface area contributed by atoms with Crippen LogP contribution in [-0.4, -0.2) is 45.3 Å². The first kappa shape index (κ1) is 16.8. The fourth-order valence-electron chi connectivity index (χ4n) is 2.45. The number of aliphatic hydroxyl groups excluding tert-OH is 2. The molecule has 3 rings (SSSR count). The Morgan fingerprint density at radius 1 is 1.42 bits per heavy atom. The quantitative estimate of drug-likeness (QED) is 0.666. The van der Waals surface area contributed by atoms with Gasteiger partial charge in [-0.05, 0) is 24.6 Å². The van der Waals surface area contributed by atoms with Crippen LogP contribution in [0.4, 0.5) is 15.6 Å². The van der Waals surface area contributed by atoms with Crippen molar-refractivity contribution in [2.45, 2.75) is 31.7 Å². The molecule has 128 valence electrons. The third kappa shape index (κ3) is 3.88. The number of carbonyl (C=O) groups is 1. The van der Waals surface area contributed by atoms with Crippen molar-refractivity contribution in [3.8, 4) is 0 Å². The molecular formula is C15H18N4O4S. The minimum Gasteiger partial charge on any atom is -0.394 e. The highest BCUT2D eigenvalue weighted by Gasteiger charge is 2.36. The van der Waals surface area contributed by atoms with Gasteiger partial charge < -0.3 is 20.3 Å². The van der Waals surface area contributed by atoms with Gasteiger partial charge >= 0.3 is 6.03 Å². The van der Waals surface area contributed by atoms with Gasteiger partial charge in [-0.25, -0.2) is 4.79 Å². The Labute approximate surface area is 142 Å². The number of hydrogen-bond donors (Lipinski definition) is 4. The van der Waals surface area contributed by atoms with E-state index in [-0.39, 0.29) is 6.61 Å². The number of aliphatic hydroxyl groups is 2. The van der Waals surface area contributed by atoms with Crippen molar-refractivity contribution in [1.29, 1.82) is 0 Å². The van der Waals surface area contributed by atoms with Crippen molar-refractivity contribution in [3.05, 3.63) is 34.8 Å². The zero-order chi connectivity index (χ0) is 17.1. The van der Waals surface area contributed by atoms with Gasteiger partial charge in [0.25, 0.3) is 0 Å². The van der Waals surface area contributed by atoms with Crippen LogP contribution in [0.3, 0.4) is 0 Å². The van der Waals surface area contributed by atoms with E-state index in [2.05, 4.69) is 20.8 Å². The summed E-state index contributed by atoms with van der Waals surface area (Å²) in [7, 11) is 0. The van der Waals surface area contributed by atoms with Gasteiger partial charge in [0.2, 0.25) is 5.13 Å². The Morgan fingerprint density at radius 2 is 2.25 bits per heavy atom. The molecule has 0 spiro atoms. The normalized spacial score (nSPS) is 23.2. The van der Waals surface area contributed by atoms with Crippen LogP contribution in [0.5, 0.6) is 0 Å². The molecule has 2 amide bonds. The molecule has 4 N–H and O–H groups in total. The number of nitrogens with zero attached hydrogens (tertiary/aromatic N) is 2. The predicted molar refractivity (Wildman–Crippen MR) is 89.1 cm³/mol. The average molecular weight is 350 g/mol. The van der Waals surface area contributed by atoms with E-state index in [1.807, 2.05) is 25.1 Å². The van der Waals surface area contributed by atoms with Crippen LogP contribution in [0.15, 0.2) is 24.3 Å². The highest BCUT2D eigenvalue weighted by atomic mass is 32.1. The van der Waals surface area contributed by atoms with Crippen LogP contribution in [0.25, 0.3) is 0 Å². The molecule has 1 aromatic carbocycles. The molecule has 1 saturated heterocycles. The van der Waals surface area contributed by atoms with Crippen molar-refractivity contribution in [2.75, 3.05) is 17.2 Å². The summed E-state index contributed by atoms with van der Waals surface area (Å²) in [6, 6.07) is 7.03. The number of anilines is 2. The first-order chi connectivity index (χ1) is 11.5. The maximum absolute atomic E-state index is 12.0. The summed E-state index contributed by atoms with van der Waals surface area (Å²) in [6.45, 7) is 1.69. The van der Waals surface area contributed by atoms with E-state index in [1.54, 1.807) is 6.07 Å². The van der Waals surface area contributed by atoms with Crippen molar-refractivity contribution in [1.82, 2.24) is 10.2 Å². The first-order valence-electron chi connectivity index (χ1n) is 7.47. The van der Waals surface area contributed by atoms with Gasteiger partial charge in [0.05, 0.1) is 12.7 Å². The van der Waals surface area contributed by atoms with Crippen molar-refractivity contribution in [3.63, 3.8) is 0 Å². The third-order valence-electron chi connectivity index (χ3n) is 3.62. The summed E-state index contributed by atoms with van der Waals surface area (Å²) in [6.07, 6.45) is -1.43. The number of ether oxygens (including phenoxy) is 1. The second kappa shape index (κ2) is 7.22. The van der Waals surface area contributed by atoms with E-state index in [1.165, 1.54) is 11.3 Å². The lowest BCUT2D eigenvalue weighted by Gasteiger charge is -2.09. The molecule has 0 saturated carbocycles. The molecular weight excluding hydrogens is 332 g/mol. The van der Waals surface area contributed by atoms with Crippen molar-refractivity contribution < 1.29 is 19.7 Å². The van der Waals surface area contributed by atoms with Crippen LogP contribution in [0, 0.1) is 6.92 Å². The molecule has 1 aromatic heterocycles. The van der Waals surface area contributed by atoms with Gasteiger partial charge in [0, 0.05) is 12.1 Å². The van der Waals surface area contributed by atoms with Gasteiger partial charge in [-0.1, -0.05) is 23.5 Å². The summed E-state index contributed by atoms with van der Waals surface area (Å²) < 4.78 is 5.52. The van der Waals surface area contributed by atoms with Gasteiger partial charge in [-0.2, -0.15) is 0 Å². The smallest absolute Gasteiger partial charge is 0.325 e. The molecule has 9 heteroatoms. The number of urea groups is 1. The molecule has 0 unspecified atom stereocenters. The summed E-state index contributed by atoms with van der Waals surface area (Å²) >= 11 is 1.17. The van der Waals surface area contributed by atoms with E-state index in [9.17, 15) is 9.90 Å². The lowest BCUT2D eigenvalue weighted by atomic mass is 10.1. The van der Waals surface area contributed by atoms with Gasteiger partial charge in [-0.15, -0.1) is 10.2 Å². The molecule has 1 aliphatic heterocycles. The Morgan fingerprint density at radius 3 is 2.96 bits per heavy atom. The minimum atomic E-state index is -0.732. The molecule has 0 aliphatic carbocycles. The van der Waals surface area contributed by atoms with E-state index in [4.69, 9.17) is 9.84 Å². The monoisotopic (exact) mass is 350 g/mol. The molecule has 2 heterocycles. The van der Waals surface area contributed by atoms with Crippen LogP contribution in [0.2, 0.25) is 0 Å². The SMILES string of the molecule is Cc1cccc(NC(=O)Nc2nnc([C@@H]3C[C@H](O)[C@@H](CO)O3)s2)c1. The molecule has 1 aliphatic rings. The largest absolute Gasteiger partial charge is 0.394 e. The zero-order valence-corrected chi connectivity index (χ0v) is 13.8. The maximum atomic E-state index is 12.0. The summed E-state index contributed by atoms with van der Waals surface area (Å²) in [5.74, 6) is 0. The fraction of sp³-hybridized carbons (Fsp3) is 0.400. The van der Waals surface area contributed by atoms with Crippen molar-refractivity contribution >= 4 is 28.2 Å². The molecule has 1 fully saturated rings.